The van der Waals surface area contributed by atoms with Crippen LogP contribution < -0.4 is 0 Å². The van der Waals surface area contributed by atoms with Crippen molar-refractivity contribution in [3.63, 3.8) is 0 Å². The zero-order valence-corrected chi connectivity index (χ0v) is 12.2. The molecule has 0 radical (unpaired) electrons. The van der Waals surface area contributed by atoms with E-state index in [4.69, 9.17) is 5.11 Å². The van der Waals surface area contributed by atoms with Gasteiger partial charge in [-0.15, -0.1) is 0 Å². The Morgan fingerprint density at radius 1 is 1.21 bits per heavy atom. The maximum Gasteiger partial charge on any atom is 0.176 e. The van der Waals surface area contributed by atoms with Gasteiger partial charge in [-0.2, -0.15) is 0 Å². The number of carbonyl (C=O) groups excluding carboxylic acids is 1. The molecule has 3 nitrogen and oxygen atoms in total. The molecule has 3 heteroatoms. The third-order valence-corrected chi connectivity index (χ3v) is 3.57. The molecule has 0 aliphatic heterocycles. The van der Waals surface area contributed by atoms with Gasteiger partial charge in [0.15, 0.2) is 5.78 Å². The van der Waals surface area contributed by atoms with Gasteiger partial charge in [0.25, 0.3) is 0 Å². The summed E-state index contributed by atoms with van der Waals surface area (Å²) in [6.45, 7) is 7.29. The van der Waals surface area contributed by atoms with Crippen LogP contribution >= 0.6 is 0 Å². The Morgan fingerprint density at radius 2 is 1.79 bits per heavy atom. The zero-order chi connectivity index (χ0) is 14.3. The molecule has 1 aromatic rings. The maximum absolute atomic E-state index is 12.3. The number of aliphatic hydroxyl groups excluding tert-OH is 1. The molecule has 1 N–H and O–H groups in total. The molecule has 106 valence electrons. The number of aliphatic hydroxyl groups is 1. The molecule has 0 aliphatic carbocycles. The van der Waals surface area contributed by atoms with E-state index in [-0.39, 0.29) is 12.4 Å². The highest BCUT2D eigenvalue weighted by Gasteiger charge is 2.18. The van der Waals surface area contributed by atoms with Crippen LogP contribution in [0.2, 0.25) is 0 Å². The summed E-state index contributed by atoms with van der Waals surface area (Å²) in [6, 6.07) is 8.03. The van der Waals surface area contributed by atoms with E-state index < -0.39 is 0 Å². The van der Waals surface area contributed by atoms with Crippen molar-refractivity contribution in [1.82, 2.24) is 4.90 Å². The molecule has 0 unspecified atom stereocenters. The molecule has 19 heavy (non-hydrogen) atoms. The predicted octanol–water partition coefficient (Wildman–Crippen LogP) is 2.66. The Bertz CT molecular complexity index is 382. The van der Waals surface area contributed by atoms with E-state index in [9.17, 15) is 4.79 Å². The Labute approximate surface area is 116 Å². The normalized spacial score (nSPS) is 11.3. The van der Waals surface area contributed by atoms with Crippen LogP contribution in [0.5, 0.6) is 0 Å². The number of rotatable bonds is 8. The molecule has 1 rings (SSSR count). The van der Waals surface area contributed by atoms with Crippen LogP contribution in [0, 0.1) is 6.92 Å². The van der Waals surface area contributed by atoms with E-state index in [1.54, 1.807) is 0 Å². The number of hydrogen-bond donors (Lipinski definition) is 1. The van der Waals surface area contributed by atoms with Gasteiger partial charge in [-0.25, -0.2) is 0 Å². The third-order valence-electron chi connectivity index (χ3n) is 3.57. The zero-order valence-electron chi connectivity index (χ0n) is 12.2. The van der Waals surface area contributed by atoms with Gasteiger partial charge in [-0.05, 0) is 19.8 Å². The number of aryl methyl sites for hydroxylation is 1. The van der Waals surface area contributed by atoms with Gasteiger partial charge in [0.1, 0.15) is 0 Å². The van der Waals surface area contributed by atoms with Gasteiger partial charge in [-0.1, -0.05) is 43.7 Å². The highest BCUT2D eigenvalue weighted by atomic mass is 16.3. The Hall–Kier alpha value is -1.19. The minimum absolute atomic E-state index is 0.0949. The fraction of sp³-hybridized carbons (Fsp3) is 0.562. The third kappa shape index (κ3) is 4.77. The lowest BCUT2D eigenvalue weighted by atomic mass is 10.1. The van der Waals surface area contributed by atoms with Gasteiger partial charge < -0.3 is 5.11 Å². The van der Waals surface area contributed by atoms with Crippen LogP contribution in [0.25, 0.3) is 0 Å². The molecule has 0 bridgehead atoms. The number of nitrogens with zero attached hydrogens (tertiary/aromatic N) is 1. The van der Waals surface area contributed by atoms with Crippen molar-refractivity contribution in [3.05, 3.63) is 35.4 Å². The van der Waals surface area contributed by atoms with Crippen molar-refractivity contribution in [2.24, 2.45) is 0 Å². The molecular formula is C16H25NO2. The topological polar surface area (TPSA) is 40.5 Å². The predicted molar refractivity (Wildman–Crippen MR) is 78.5 cm³/mol. The van der Waals surface area contributed by atoms with Crippen molar-refractivity contribution in [2.45, 2.75) is 39.7 Å². The SMILES string of the molecule is CCC(CC)N(CCO)CC(=O)c1ccc(C)cc1. The molecule has 0 amide bonds. The van der Waals surface area contributed by atoms with Crippen molar-refractivity contribution < 1.29 is 9.90 Å². The van der Waals surface area contributed by atoms with Gasteiger partial charge in [-0.3, -0.25) is 9.69 Å². The summed E-state index contributed by atoms with van der Waals surface area (Å²) in [4.78, 5) is 14.3. The van der Waals surface area contributed by atoms with Crippen LogP contribution in [0.4, 0.5) is 0 Å². The summed E-state index contributed by atoms with van der Waals surface area (Å²) in [5.74, 6) is 0.125. The number of benzene rings is 1. The average molecular weight is 263 g/mol. The number of carbonyl (C=O) groups is 1. The lowest BCUT2D eigenvalue weighted by Gasteiger charge is -2.29. The monoisotopic (exact) mass is 263 g/mol. The van der Waals surface area contributed by atoms with Crippen LogP contribution in [0.3, 0.4) is 0 Å². The summed E-state index contributed by atoms with van der Waals surface area (Å²) in [5, 5.41) is 9.14. The first-order valence-electron chi connectivity index (χ1n) is 7.07. The Kier molecular flexibility index (Phi) is 6.74. The molecule has 0 heterocycles. The summed E-state index contributed by atoms with van der Waals surface area (Å²) >= 11 is 0. The summed E-state index contributed by atoms with van der Waals surface area (Å²) in [7, 11) is 0. The van der Waals surface area contributed by atoms with Gasteiger partial charge in [0, 0.05) is 18.2 Å². The lowest BCUT2D eigenvalue weighted by molar-refractivity contribution is 0.0850. The number of ketones is 1. The summed E-state index contributed by atoms with van der Waals surface area (Å²) < 4.78 is 0. The number of hydrogen-bond acceptors (Lipinski definition) is 3. The van der Waals surface area contributed by atoms with Crippen molar-refractivity contribution in [3.8, 4) is 0 Å². The highest BCUT2D eigenvalue weighted by Crippen LogP contribution is 2.11. The summed E-state index contributed by atoms with van der Waals surface area (Å²) in [6.07, 6.45) is 2.00. The van der Waals surface area contributed by atoms with Crippen molar-refractivity contribution in [1.29, 1.82) is 0 Å². The Morgan fingerprint density at radius 3 is 2.26 bits per heavy atom. The van der Waals surface area contributed by atoms with Crippen LogP contribution in [0.15, 0.2) is 24.3 Å². The second kappa shape index (κ2) is 8.08. The summed E-state index contributed by atoms with van der Waals surface area (Å²) in [5.41, 5.74) is 1.91. The van der Waals surface area contributed by atoms with E-state index in [1.807, 2.05) is 31.2 Å². The van der Waals surface area contributed by atoms with Crippen LogP contribution in [-0.4, -0.2) is 41.5 Å². The van der Waals surface area contributed by atoms with Gasteiger partial charge in [0.05, 0.1) is 13.2 Å². The molecule has 0 saturated carbocycles. The molecule has 1 aromatic carbocycles. The molecule has 0 saturated heterocycles. The van der Waals surface area contributed by atoms with E-state index >= 15 is 0 Å². The quantitative estimate of drug-likeness (QED) is 0.733. The standard InChI is InChI=1S/C16H25NO2/c1-4-15(5-2)17(10-11-18)12-16(19)14-8-6-13(3)7-9-14/h6-9,15,18H,4-5,10-12H2,1-3H3. The largest absolute Gasteiger partial charge is 0.395 e. The second-order valence-electron chi connectivity index (χ2n) is 4.95. The van der Waals surface area contributed by atoms with E-state index in [1.165, 1.54) is 0 Å². The smallest absolute Gasteiger partial charge is 0.176 e. The number of Topliss-reactive ketones (excluding diaryl/α,β-unsaturated/α-hetero) is 1. The minimum atomic E-state index is 0.0949. The van der Waals surface area contributed by atoms with E-state index in [0.717, 1.165) is 24.0 Å². The Balaban J connectivity index is 2.72. The molecule has 0 spiro atoms. The fourth-order valence-electron chi connectivity index (χ4n) is 2.34. The first-order valence-corrected chi connectivity index (χ1v) is 7.07. The molecule has 0 aromatic heterocycles. The highest BCUT2D eigenvalue weighted by molar-refractivity contribution is 5.97. The van der Waals surface area contributed by atoms with Crippen molar-refractivity contribution in [2.75, 3.05) is 19.7 Å². The van der Waals surface area contributed by atoms with Crippen LogP contribution in [0.1, 0.15) is 42.6 Å². The minimum Gasteiger partial charge on any atom is -0.395 e. The van der Waals surface area contributed by atoms with E-state index in [0.29, 0.717) is 19.1 Å². The van der Waals surface area contributed by atoms with Crippen molar-refractivity contribution >= 4 is 5.78 Å². The van der Waals surface area contributed by atoms with Crippen LogP contribution in [-0.2, 0) is 0 Å². The first kappa shape index (κ1) is 15.9. The maximum atomic E-state index is 12.3. The van der Waals surface area contributed by atoms with Gasteiger partial charge >= 0.3 is 0 Å². The molecular weight excluding hydrogens is 238 g/mol. The molecule has 0 fully saturated rings. The fourth-order valence-corrected chi connectivity index (χ4v) is 2.34. The lowest BCUT2D eigenvalue weighted by Crippen LogP contribution is -2.40. The molecule has 0 atom stereocenters. The van der Waals surface area contributed by atoms with E-state index in [2.05, 4.69) is 18.7 Å². The first-order chi connectivity index (χ1) is 9.12. The second-order valence-corrected chi connectivity index (χ2v) is 4.95. The molecule has 0 aliphatic rings. The average Bonchev–Trinajstić information content (AvgIpc) is 2.41. The van der Waals surface area contributed by atoms with Gasteiger partial charge in [0.2, 0.25) is 0 Å².